The second kappa shape index (κ2) is 13.4. The third-order valence-corrected chi connectivity index (χ3v) is 7.17. The lowest BCUT2D eigenvalue weighted by molar-refractivity contribution is -0.158. The number of carbonyl (C=O) groups is 2. The largest absolute Gasteiger partial charge is 0.358 e. The molecule has 2 saturated heterocycles. The highest BCUT2D eigenvalue weighted by atomic mass is 16.5. The van der Waals surface area contributed by atoms with Crippen molar-refractivity contribution < 1.29 is 19.1 Å². The van der Waals surface area contributed by atoms with Crippen molar-refractivity contribution in [3.63, 3.8) is 0 Å². The van der Waals surface area contributed by atoms with E-state index in [-0.39, 0.29) is 29.7 Å². The van der Waals surface area contributed by atoms with E-state index in [0.29, 0.717) is 26.1 Å². The molecule has 0 aromatic carbocycles. The van der Waals surface area contributed by atoms with Crippen LogP contribution in [-0.2, 0) is 19.1 Å². The van der Waals surface area contributed by atoms with Crippen LogP contribution in [0.3, 0.4) is 0 Å². The molecule has 31 heavy (non-hydrogen) atoms. The number of nitrogens with zero attached hydrogens (tertiary/aromatic N) is 2. The van der Waals surface area contributed by atoms with Gasteiger partial charge in [-0.15, -0.1) is 0 Å². The van der Waals surface area contributed by atoms with Gasteiger partial charge in [0, 0.05) is 31.3 Å². The molecule has 0 bridgehead atoms. The Bertz CT molecular complexity index is 514. The summed E-state index contributed by atoms with van der Waals surface area (Å²) in [6.07, 6.45) is 11.4. The molecule has 0 aromatic heterocycles. The molecule has 2 unspecified atom stereocenters. The van der Waals surface area contributed by atoms with E-state index >= 15 is 0 Å². The number of ether oxygens (including phenoxy) is 2. The van der Waals surface area contributed by atoms with Crippen molar-refractivity contribution in [1.29, 1.82) is 0 Å². The first kappa shape index (κ1) is 26.1. The number of hydrogen-bond donors (Lipinski definition) is 0. The summed E-state index contributed by atoms with van der Waals surface area (Å²) >= 11 is 0. The van der Waals surface area contributed by atoms with Crippen LogP contribution in [0, 0.1) is 5.41 Å². The fraction of sp³-hybridized carbons (Fsp3) is 0.920. The Balaban J connectivity index is 1.98. The molecule has 2 amide bonds. The van der Waals surface area contributed by atoms with Crippen LogP contribution in [-0.4, -0.2) is 60.4 Å². The first-order valence-electron chi connectivity index (χ1n) is 12.7. The zero-order valence-electron chi connectivity index (χ0n) is 20.5. The van der Waals surface area contributed by atoms with Gasteiger partial charge in [-0.1, -0.05) is 39.5 Å². The normalized spacial score (nSPS) is 22.6. The van der Waals surface area contributed by atoms with Gasteiger partial charge in [-0.2, -0.15) is 0 Å². The molecule has 2 aliphatic rings. The topological polar surface area (TPSA) is 59.1 Å². The van der Waals surface area contributed by atoms with Crippen LogP contribution in [0.4, 0.5) is 0 Å². The Morgan fingerprint density at radius 3 is 1.71 bits per heavy atom. The fourth-order valence-electron chi connectivity index (χ4n) is 4.67. The molecular formula is C25H46N2O4. The van der Waals surface area contributed by atoms with Gasteiger partial charge in [-0.3, -0.25) is 9.59 Å². The van der Waals surface area contributed by atoms with Gasteiger partial charge in [0.05, 0.1) is 13.2 Å². The first-order valence-corrected chi connectivity index (χ1v) is 12.7. The third-order valence-electron chi connectivity index (χ3n) is 7.17. The summed E-state index contributed by atoms with van der Waals surface area (Å²) in [6, 6.07) is 0. The quantitative estimate of drug-likeness (QED) is 0.425. The van der Waals surface area contributed by atoms with E-state index in [1.807, 2.05) is 23.6 Å². The minimum absolute atomic E-state index is 0.0949. The van der Waals surface area contributed by atoms with Gasteiger partial charge < -0.3 is 19.3 Å². The monoisotopic (exact) mass is 438 g/mol. The lowest BCUT2D eigenvalue weighted by atomic mass is 9.81. The molecule has 6 heteroatoms. The van der Waals surface area contributed by atoms with Gasteiger partial charge >= 0.3 is 0 Å². The summed E-state index contributed by atoms with van der Waals surface area (Å²) < 4.78 is 12.6. The summed E-state index contributed by atoms with van der Waals surface area (Å²) in [5.41, 5.74) is -0.0949. The maximum Gasteiger partial charge on any atom is 0.224 e. The first-order chi connectivity index (χ1) is 14.9. The Labute approximate surface area is 190 Å². The zero-order chi connectivity index (χ0) is 22.7. The molecule has 2 heterocycles. The molecular weight excluding hydrogens is 392 g/mol. The second-order valence-corrected chi connectivity index (χ2v) is 9.57. The highest BCUT2D eigenvalue weighted by molar-refractivity contribution is 5.76. The standard InChI is InChI=1S/C25H46N2O4/c1-5-7-16-25(6-2,19-30-21(3)26-17-12-8-10-14-23(26)28)20-31-22(4)27-18-13-9-11-15-24(27)29/h21-22H,5-20H2,1-4H3. The van der Waals surface area contributed by atoms with E-state index in [1.165, 1.54) is 0 Å². The van der Waals surface area contributed by atoms with E-state index in [1.54, 1.807) is 0 Å². The summed E-state index contributed by atoms with van der Waals surface area (Å²) in [5, 5.41) is 0. The van der Waals surface area contributed by atoms with Crippen molar-refractivity contribution in [2.75, 3.05) is 26.3 Å². The summed E-state index contributed by atoms with van der Waals surface area (Å²) in [7, 11) is 0. The molecule has 2 fully saturated rings. The number of amides is 2. The van der Waals surface area contributed by atoms with Crippen LogP contribution in [0.5, 0.6) is 0 Å². The fourth-order valence-corrected chi connectivity index (χ4v) is 4.67. The zero-order valence-corrected chi connectivity index (χ0v) is 20.5. The molecule has 0 N–H and O–H groups in total. The molecule has 0 radical (unpaired) electrons. The van der Waals surface area contributed by atoms with E-state index < -0.39 is 0 Å². The minimum atomic E-state index is -0.206. The predicted molar refractivity (Wildman–Crippen MR) is 123 cm³/mol. The molecule has 2 rings (SSSR count). The predicted octanol–water partition coefficient (Wildman–Crippen LogP) is 5.10. The Kier molecular flexibility index (Phi) is 11.3. The molecule has 2 atom stereocenters. The number of likely N-dealkylation sites (tertiary alicyclic amines) is 2. The number of carbonyl (C=O) groups excluding carboxylic acids is 2. The van der Waals surface area contributed by atoms with Crippen LogP contribution in [0.1, 0.15) is 105 Å². The highest BCUT2D eigenvalue weighted by Crippen LogP contribution is 2.32. The molecule has 0 aromatic rings. The second-order valence-electron chi connectivity index (χ2n) is 9.57. The summed E-state index contributed by atoms with van der Waals surface area (Å²) in [5.74, 6) is 0.426. The highest BCUT2D eigenvalue weighted by Gasteiger charge is 2.33. The van der Waals surface area contributed by atoms with Crippen molar-refractivity contribution in [2.24, 2.45) is 5.41 Å². The molecule has 2 aliphatic heterocycles. The van der Waals surface area contributed by atoms with Crippen molar-refractivity contribution in [3.05, 3.63) is 0 Å². The Hall–Kier alpha value is -1.14. The Morgan fingerprint density at radius 1 is 0.806 bits per heavy atom. The minimum Gasteiger partial charge on any atom is -0.358 e. The van der Waals surface area contributed by atoms with Gasteiger partial charge in [0.2, 0.25) is 11.8 Å². The maximum atomic E-state index is 12.5. The molecule has 6 nitrogen and oxygen atoms in total. The van der Waals surface area contributed by atoms with Crippen molar-refractivity contribution in [1.82, 2.24) is 9.80 Å². The van der Waals surface area contributed by atoms with Crippen LogP contribution in [0.2, 0.25) is 0 Å². The van der Waals surface area contributed by atoms with Gasteiger partial charge in [-0.25, -0.2) is 0 Å². The van der Waals surface area contributed by atoms with Crippen LogP contribution < -0.4 is 0 Å². The van der Waals surface area contributed by atoms with Crippen LogP contribution >= 0.6 is 0 Å². The molecule has 0 spiro atoms. The average molecular weight is 439 g/mol. The van der Waals surface area contributed by atoms with E-state index in [9.17, 15) is 9.59 Å². The number of hydrogen-bond acceptors (Lipinski definition) is 4. The SMILES string of the molecule is CCCCC(CC)(COC(C)N1CCCCCC1=O)COC(C)N1CCCCCC1=O. The van der Waals surface area contributed by atoms with Gasteiger partial charge in [0.25, 0.3) is 0 Å². The van der Waals surface area contributed by atoms with Gasteiger partial charge in [0.1, 0.15) is 12.5 Å². The van der Waals surface area contributed by atoms with Crippen molar-refractivity contribution >= 4 is 11.8 Å². The summed E-state index contributed by atoms with van der Waals surface area (Å²) in [6.45, 7) is 11.2. The number of rotatable bonds is 12. The Morgan fingerprint density at radius 2 is 1.29 bits per heavy atom. The number of unbranched alkanes of at least 4 members (excludes halogenated alkanes) is 1. The van der Waals surface area contributed by atoms with Crippen LogP contribution in [0.25, 0.3) is 0 Å². The molecule has 0 aliphatic carbocycles. The lowest BCUT2D eigenvalue weighted by Crippen LogP contribution is -2.45. The summed E-state index contributed by atoms with van der Waals surface area (Å²) in [4.78, 5) is 28.7. The molecule has 0 saturated carbocycles. The smallest absolute Gasteiger partial charge is 0.224 e. The maximum absolute atomic E-state index is 12.5. The van der Waals surface area contributed by atoms with Crippen molar-refractivity contribution in [2.45, 2.75) is 117 Å². The lowest BCUT2D eigenvalue weighted by Gasteiger charge is -2.38. The van der Waals surface area contributed by atoms with E-state index in [0.717, 1.165) is 77.3 Å². The van der Waals surface area contributed by atoms with Gasteiger partial charge in [-0.05, 0) is 52.4 Å². The average Bonchev–Trinajstić information content (AvgIpc) is 3.12. The van der Waals surface area contributed by atoms with E-state index in [2.05, 4.69) is 13.8 Å². The van der Waals surface area contributed by atoms with E-state index in [4.69, 9.17) is 9.47 Å². The van der Waals surface area contributed by atoms with Crippen LogP contribution in [0.15, 0.2) is 0 Å². The third kappa shape index (κ3) is 8.05. The van der Waals surface area contributed by atoms with Gasteiger partial charge in [0.15, 0.2) is 0 Å². The molecule has 180 valence electrons. The van der Waals surface area contributed by atoms with Crippen molar-refractivity contribution in [3.8, 4) is 0 Å².